The van der Waals surface area contributed by atoms with Crippen LogP contribution in [-0.4, -0.2) is 35.2 Å². The lowest BCUT2D eigenvalue weighted by Crippen LogP contribution is -2.37. The molecular weight excluding hydrogens is 258 g/mol. The molecule has 5 nitrogen and oxygen atoms in total. The molecule has 20 heavy (non-hydrogen) atoms. The monoisotopic (exact) mass is 277 g/mol. The van der Waals surface area contributed by atoms with Crippen LogP contribution >= 0.6 is 0 Å². The molecule has 108 valence electrons. The second-order valence-corrected chi connectivity index (χ2v) is 5.39. The fourth-order valence-electron chi connectivity index (χ4n) is 2.29. The number of benzene rings is 1. The zero-order valence-corrected chi connectivity index (χ0v) is 11.8. The van der Waals surface area contributed by atoms with Crippen LogP contribution in [-0.2, 0) is 17.7 Å². The first kappa shape index (κ1) is 14.4. The van der Waals surface area contributed by atoms with Crippen molar-refractivity contribution in [1.29, 1.82) is 0 Å². The Morgan fingerprint density at radius 3 is 2.80 bits per heavy atom. The van der Waals surface area contributed by atoms with Gasteiger partial charge in [0.1, 0.15) is 0 Å². The lowest BCUT2D eigenvalue weighted by molar-refractivity contribution is 0.0694. The van der Waals surface area contributed by atoms with E-state index in [1.54, 1.807) is 17.0 Å². The summed E-state index contributed by atoms with van der Waals surface area (Å²) in [5.74, 6) is -0.618. The summed E-state index contributed by atoms with van der Waals surface area (Å²) in [4.78, 5) is 24.7. The molecule has 0 saturated heterocycles. The summed E-state index contributed by atoms with van der Waals surface area (Å²) in [7, 11) is 0. The Hall–Kier alpha value is -2.04. The zero-order chi connectivity index (χ0) is 14.7. The molecule has 0 aromatic heterocycles. The normalized spacial score (nSPS) is 14.1. The quantitative estimate of drug-likeness (QED) is 0.922. The number of carboxylic acid groups (broad SMARTS) is 1. The number of carboxylic acids is 1. The van der Waals surface area contributed by atoms with Crippen LogP contribution in [0.3, 0.4) is 0 Å². The Balaban J connectivity index is 2.10. The number of hydrogen-bond donors (Lipinski definition) is 1. The molecular formula is C15H19NO4. The third-order valence-electron chi connectivity index (χ3n) is 3.29. The van der Waals surface area contributed by atoms with Crippen molar-refractivity contribution < 1.29 is 19.4 Å². The van der Waals surface area contributed by atoms with Gasteiger partial charge in [-0.2, -0.15) is 0 Å². The van der Waals surface area contributed by atoms with Crippen LogP contribution < -0.4 is 0 Å². The number of carbonyl (C=O) groups is 2. The molecule has 1 aromatic carbocycles. The Morgan fingerprint density at radius 1 is 1.40 bits per heavy atom. The second-order valence-electron chi connectivity index (χ2n) is 5.39. The Labute approximate surface area is 118 Å². The minimum Gasteiger partial charge on any atom is -0.478 e. The number of carbonyl (C=O) groups excluding carboxylic acids is 1. The van der Waals surface area contributed by atoms with E-state index in [1.807, 2.05) is 19.9 Å². The molecule has 0 fully saturated rings. The van der Waals surface area contributed by atoms with Gasteiger partial charge < -0.3 is 14.7 Å². The second kappa shape index (κ2) is 5.94. The lowest BCUT2D eigenvalue weighted by atomic mass is 9.95. The van der Waals surface area contributed by atoms with E-state index in [-0.39, 0.29) is 6.09 Å². The minimum atomic E-state index is -0.919. The van der Waals surface area contributed by atoms with Gasteiger partial charge in [0.05, 0.1) is 12.2 Å². The molecule has 0 unspecified atom stereocenters. The molecule has 0 radical (unpaired) electrons. The van der Waals surface area contributed by atoms with Crippen LogP contribution in [0.2, 0.25) is 0 Å². The summed E-state index contributed by atoms with van der Waals surface area (Å²) in [5, 5.41) is 9.16. The molecule has 2 rings (SSSR count). The first-order chi connectivity index (χ1) is 9.49. The smallest absolute Gasteiger partial charge is 0.410 e. The fourth-order valence-corrected chi connectivity index (χ4v) is 2.29. The van der Waals surface area contributed by atoms with Gasteiger partial charge in [0.15, 0.2) is 0 Å². The molecule has 1 heterocycles. The number of amides is 1. The van der Waals surface area contributed by atoms with Crippen molar-refractivity contribution in [3.8, 4) is 0 Å². The molecule has 5 heteroatoms. The van der Waals surface area contributed by atoms with Crippen LogP contribution in [0.4, 0.5) is 4.79 Å². The van der Waals surface area contributed by atoms with Crippen molar-refractivity contribution in [2.75, 3.05) is 13.2 Å². The highest BCUT2D eigenvalue weighted by Crippen LogP contribution is 2.23. The molecule has 1 amide bonds. The van der Waals surface area contributed by atoms with Crippen molar-refractivity contribution in [2.24, 2.45) is 5.92 Å². The predicted molar refractivity (Wildman–Crippen MR) is 73.7 cm³/mol. The minimum absolute atomic E-state index is 0.301. The van der Waals surface area contributed by atoms with Gasteiger partial charge in [0.2, 0.25) is 0 Å². The third kappa shape index (κ3) is 3.10. The Morgan fingerprint density at radius 2 is 2.15 bits per heavy atom. The first-order valence-electron chi connectivity index (χ1n) is 6.74. The summed E-state index contributed by atoms with van der Waals surface area (Å²) in [6, 6.07) is 5.18. The van der Waals surface area contributed by atoms with E-state index in [1.165, 1.54) is 0 Å². The summed E-state index contributed by atoms with van der Waals surface area (Å²) >= 11 is 0. The first-order valence-corrected chi connectivity index (χ1v) is 6.74. The average molecular weight is 277 g/mol. The predicted octanol–water partition coefficient (Wildman–Crippen LogP) is 2.54. The number of nitrogens with zero attached hydrogens (tertiary/aromatic N) is 1. The van der Waals surface area contributed by atoms with E-state index >= 15 is 0 Å². The van der Waals surface area contributed by atoms with E-state index in [0.29, 0.717) is 37.6 Å². The lowest BCUT2D eigenvalue weighted by Gasteiger charge is -2.29. The van der Waals surface area contributed by atoms with Gasteiger partial charge >= 0.3 is 12.1 Å². The maximum atomic E-state index is 11.9. The van der Waals surface area contributed by atoms with Crippen molar-refractivity contribution in [3.05, 3.63) is 34.9 Å². The van der Waals surface area contributed by atoms with Gasteiger partial charge in [-0.15, -0.1) is 0 Å². The highest BCUT2D eigenvalue weighted by molar-refractivity contribution is 5.90. The number of fused-ring (bicyclic) bond motifs is 1. The molecule has 1 aromatic rings. The number of hydrogen-bond acceptors (Lipinski definition) is 3. The third-order valence-corrected chi connectivity index (χ3v) is 3.29. The van der Waals surface area contributed by atoms with E-state index < -0.39 is 5.97 Å². The van der Waals surface area contributed by atoms with E-state index in [9.17, 15) is 9.59 Å². The van der Waals surface area contributed by atoms with Crippen LogP contribution in [0, 0.1) is 5.92 Å². The molecule has 0 aliphatic carbocycles. The molecule has 0 spiro atoms. The van der Waals surface area contributed by atoms with E-state index in [0.717, 1.165) is 11.1 Å². The zero-order valence-electron chi connectivity index (χ0n) is 11.8. The Bertz CT molecular complexity index is 525. The largest absolute Gasteiger partial charge is 0.478 e. The highest BCUT2D eigenvalue weighted by atomic mass is 16.6. The van der Waals surface area contributed by atoms with Crippen molar-refractivity contribution in [3.63, 3.8) is 0 Å². The van der Waals surface area contributed by atoms with Gasteiger partial charge in [-0.1, -0.05) is 26.0 Å². The van der Waals surface area contributed by atoms with E-state index in [4.69, 9.17) is 9.84 Å². The van der Waals surface area contributed by atoms with Crippen LogP contribution in [0.15, 0.2) is 18.2 Å². The summed E-state index contributed by atoms with van der Waals surface area (Å²) in [5.41, 5.74) is 2.04. The number of ether oxygens (including phenoxy) is 1. The maximum Gasteiger partial charge on any atom is 0.410 e. The maximum absolute atomic E-state index is 11.9. The van der Waals surface area contributed by atoms with E-state index in [2.05, 4.69) is 0 Å². The highest BCUT2D eigenvalue weighted by Gasteiger charge is 2.25. The topological polar surface area (TPSA) is 66.8 Å². The molecule has 1 N–H and O–H groups in total. The van der Waals surface area contributed by atoms with Gasteiger partial charge in [-0.3, -0.25) is 0 Å². The summed E-state index contributed by atoms with van der Waals surface area (Å²) in [6.07, 6.45) is 0.222. The molecule has 0 bridgehead atoms. The van der Waals surface area contributed by atoms with Crippen LogP contribution in [0.25, 0.3) is 0 Å². The van der Waals surface area contributed by atoms with Gasteiger partial charge in [-0.05, 0) is 29.5 Å². The van der Waals surface area contributed by atoms with Crippen LogP contribution in [0.5, 0.6) is 0 Å². The number of rotatable bonds is 3. The Kier molecular flexibility index (Phi) is 4.27. The van der Waals surface area contributed by atoms with Crippen molar-refractivity contribution >= 4 is 12.1 Å². The summed E-state index contributed by atoms with van der Waals surface area (Å²) < 4.78 is 5.21. The molecule has 0 saturated carbocycles. The fraction of sp³-hybridized carbons (Fsp3) is 0.467. The van der Waals surface area contributed by atoms with Crippen molar-refractivity contribution in [2.45, 2.75) is 26.8 Å². The molecule has 0 atom stereocenters. The van der Waals surface area contributed by atoms with Gasteiger partial charge in [0.25, 0.3) is 0 Å². The average Bonchev–Trinajstić information content (AvgIpc) is 2.43. The summed E-state index contributed by atoms with van der Waals surface area (Å²) in [6.45, 7) is 5.27. The van der Waals surface area contributed by atoms with Gasteiger partial charge in [-0.25, -0.2) is 9.59 Å². The number of aromatic carboxylic acids is 1. The van der Waals surface area contributed by atoms with Gasteiger partial charge in [0, 0.05) is 13.1 Å². The van der Waals surface area contributed by atoms with Crippen molar-refractivity contribution in [1.82, 2.24) is 4.90 Å². The SMILES string of the molecule is CC(C)COC(=O)N1CCc2c(cccc2C(=O)O)C1. The molecule has 1 aliphatic heterocycles. The molecule has 1 aliphatic rings. The van der Waals surface area contributed by atoms with Crippen LogP contribution in [0.1, 0.15) is 35.3 Å². The standard InChI is InChI=1S/C15H19NO4/c1-10(2)9-20-15(19)16-7-6-12-11(8-16)4-3-5-13(12)14(17)18/h3-5,10H,6-9H2,1-2H3,(H,17,18).